The molecule has 3 nitrogen and oxygen atoms in total. The molecular formula is C13H16N2O. The Bertz CT molecular complexity index is 382. The van der Waals surface area contributed by atoms with Gasteiger partial charge in [-0.3, -0.25) is 9.78 Å². The van der Waals surface area contributed by atoms with Gasteiger partial charge in [-0.1, -0.05) is 6.07 Å². The third-order valence-electron chi connectivity index (χ3n) is 3.27. The molecule has 2 saturated carbocycles. The fourth-order valence-electron chi connectivity index (χ4n) is 2.03. The molecule has 0 N–H and O–H groups in total. The third kappa shape index (κ3) is 2.08. The van der Waals surface area contributed by atoms with Gasteiger partial charge in [-0.15, -0.1) is 0 Å². The summed E-state index contributed by atoms with van der Waals surface area (Å²) in [6.45, 7) is 0.744. The van der Waals surface area contributed by atoms with Gasteiger partial charge in [0.05, 0.1) is 0 Å². The van der Waals surface area contributed by atoms with Crippen molar-refractivity contribution in [1.29, 1.82) is 0 Å². The first-order valence-corrected chi connectivity index (χ1v) is 6.04. The summed E-state index contributed by atoms with van der Waals surface area (Å²) in [4.78, 5) is 18.3. The number of pyridine rings is 1. The first kappa shape index (κ1) is 9.82. The number of amides is 1. The summed E-state index contributed by atoms with van der Waals surface area (Å²) in [6, 6.07) is 4.48. The lowest BCUT2D eigenvalue weighted by Crippen LogP contribution is -2.33. The van der Waals surface area contributed by atoms with Crippen molar-refractivity contribution in [3.05, 3.63) is 30.1 Å². The zero-order valence-electron chi connectivity index (χ0n) is 9.30. The molecule has 1 aromatic heterocycles. The Hall–Kier alpha value is -1.38. The van der Waals surface area contributed by atoms with Gasteiger partial charge in [0.2, 0.25) is 5.91 Å². The Morgan fingerprint density at radius 1 is 1.38 bits per heavy atom. The van der Waals surface area contributed by atoms with Crippen LogP contribution in [0.4, 0.5) is 0 Å². The first-order valence-electron chi connectivity index (χ1n) is 6.04. The van der Waals surface area contributed by atoms with Crippen molar-refractivity contribution in [2.75, 3.05) is 0 Å². The van der Waals surface area contributed by atoms with E-state index in [2.05, 4.69) is 9.88 Å². The van der Waals surface area contributed by atoms with Crippen LogP contribution in [0.15, 0.2) is 24.5 Å². The molecule has 3 rings (SSSR count). The summed E-state index contributed by atoms with van der Waals surface area (Å²) in [7, 11) is 0. The summed E-state index contributed by atoms with van der Waals surface area (Å²) in [5.74, 6) is 0.698. The second-order valence-electron chi connectivity index (χ2n) is 4.83. The topological polar surface area (TPSA) is 33.2 Å². The van der Waals surface area contributed by atoms with Gasteiger partial charge >= 0.3 is 0 Å². The molecule has 2 aliphatic rings. The van der Waals surface area contributed by atoms with Gasteiger partial charge < -0.3 is 4.90 Å². The standard InChI is InChI=1S/C13H16N2O/c16-13(11-3-4-11)15(12-5-6-12)9-10-2-1-7-14-8-10/h1-2,7-8,11-12H,3-6,9H2. The quantitative estimate of drug-likeness (QED) is 0.771. The highest BCUT2D eigenvalue weighted by molar-refractivity contribution is 5.81. The Balaban J connectivity index is 1.71. The minimum atomic E-state index is 0.331. The fourth-order valence-corrected chi connectivity index (χ4v) is 2.03. The molecule has 84 valence electrons. The molecule has 0 radical (unpaired) electrons. The summed E-state index contributed by atoms with van der Waals surface area (Å²) in [6.07, 6.45) is 8.17. The van der Waals surface area contributed by atoms with E-state index in [9.17, 15) is 4.79 Å². The van der Waals surface area contributed by atoms with E-state index in [0.29, 0.717) is 17.9 Å². The van der Waals surface area contributed by atoms with Crippen molar-refractivity contribution in [2.24, 2.45) is 5.92 Å². The second kappa shape index (κ2) is 3.89. The van der Waals surface area contributed by atoms with Crippen LogP contribution in [0, 0.1) is 5.92 Å². The molecule has 2 aliphatic carbocycles. The summed E-state index contributed by atoms with van der Waals surface area (Å²) >= 11 is 0. The van der Waals surface area contributed by atoms with E-state index in [4.69, 9.17) is 0 Å². The van der Waals surface area contributed by atoms with Crippen LogP contribution in [0.5, 0.6) is 0 Å². The van der Waals surface area contributed by atoms with Crippen molar-refractivity contribution in [2.45, 2.75) is 38.3 Å². The predicted octanol–water partition coefficient (Wildman–Crippen LogP) is 1.98. The number of hydrogen-bond donors (Lipinski definition) is 0. The van der Waals surface area contributed by atoms with Gasteiger partial charge in [-0.05, 0) is 37.3 Å². The van der Waals surface area contributed by atoms with Crippen LogP contribution < -0.4 is 0 Å². The fraction of sp³-hybridized carbons (Fsp3) is 0.538. The monoisotopic (exact) mass is 216 g/mol. The number of rotatable bonds is 4. The van der Waals surface area contributed by atoms with Crippen molar-refractivity contribution < 1.29 is 4.79 Å². The Morgan fingerprint density at radius 3 is 2.75 bits per heavy atom. The van der Waals surface area contributed by atoms with Gasteiger partial charge in [0.15, 0.2) is 0 Å². The Labute approximate surface area is 95.5 Å². The van der Waals surface area contributed by atoms with Gasteiger partial charge in [0, 0.05) is 30.9 Å². The van der Waals surface area contributed by atoms with Crippen LogP contribution in [-0.2, 0) is 11.3 Å². The Kier molecular flexibility index (Phi) is 2.39. The van der Waals surface area contributed by atoms with Gasteiger partial charge in [-0.25, -0.2) is 0 Å². The van der Waals surface area contributed by atoms with E-state index in [0.717, 1.165) is 24.9 Å². The van der Waals surface area contributed by atoms with E-state index in [-0.39, 0.29) is 0 Å². The van der Waals surface area contributed by atoms with Crippen LogP contribution in [0.1, 0.15) is 31.2 Å². The van der Waals surface area contributed by atoms with E-state index in [1.165, 1.54) is 12.8 Å². The van der Waals surface area contributed by atoms with E-state index < -0.39 is 0 Å². The normalized spacial score (nSPS) is 19.5. The van der Waals surface area contributed by atoms with Crippen LogP contribution in [0.3, 0.4) is 0 Å². The highest BCUT2D eigenvalue weighted by atomic mass is 16.2. The predicted molar refractivity (Wildman–Crippen MR) is 60.5 cm³/mol. The molecule has 1 amide bonds. The van der Waals surface area contributed by atoms with Gasteiger partial charge in [-0.2, -0.15) is 0 Å². The maximum absolute atomic E-state index is 12.1. The lowest BCUT2D eigenvalue weighted by Gasteiger charge is -2.22. The molecule has 0 atom stereocenters. The average Bonchev–Trinajstić information content (AvgIpc) is 3.19. The summed E-state index contributed by atoms with van der Waals surface area (Å²) in [5.41, 5.74) is 1.14. The minimum absolute atomic E-state index is 0.331. The second-order valence-corrected chi connectivity index (χ2v) is 4.83. The minimum Gasteiger partial charge on any atom is -0.335 e. The van der Waals surface area contributed by atoms with E-state index >= 15 is 0 Å². The lowest BCUT2D eigenvalue weighted by molar-refractivity contribution is -0.133. The number of hydrogen-bond acceptors (Lipinski definition) is 2. The molecule has 0 saturated heterocycles. The maximum Gasteiger partial charge on any atom is 0.226 e. The number of aromatic nitrogens is 1. The molecule has 0 bridgehead atoms. The molecule has 0 aromatic carbocycles. The van der Waals surface area contributed by atoms with Crippen molar-refractivity contribution >= 4 is 5.91 Å². The van der Waals surface area contributed by atoms with Gasteiger partial charge in [0.1, 0.15) is 0 Å². The summed E-state index contributed by atoms with van der Waals surface area (Å²) < 4.78 is 0. The van der Waals surface area contributed by atoms with Crippen molar-refractivity contribution in [3.8, 4) is 0 Å². The number of carbonyl (C=O) groups is 1. The van der Waals surface area contributed by atoms with Crippen molar-refractivity contribution in [1.82, 2.24) is 9.88 Å². The molecule has 0 spiro atoms. The van der Waals surface area contributed by atoms with Crippen LogP contribution in [-0.4, -0.2) is 21.8 Å². The smallest absolute Gasteiger partial charge is 0.226 e. The Morgan fingerprint density at radius 2 is 2.19 bits per heavy atom. The molecule has 16 heavy (non-hydrogen) atoms. The zero-order chi connectivity index (χ0) is 11.0. The molecule has 2 fully saturated rings. The number of carbonyl (C=O) groups excluding carboxylic acids is 1. The van der Waals surface area contributed by atoms with E-state index in [1.807, 2.05) is 18.3 Å². The van der Waals surface area contributed by atoms with E-state index in [1.54, 1.807) is 6.20 Å². The molecule has 0 unspecified atom stereocenters. The first-order chi connectivity index (χ1) is 7.84. The maximum atomic E-state index is 12.1. The average molecular weight is 216 g/mol. The van der Waals surface area contributed by atoms with Crippen LogP contribution in [0.2, 0.25) is 0 Å². The molecule has 0 aliphatic heterocycles. The highest BCUT2D eigenvalue weighted by Gasteiger charge is 2.39. The largest absolute Gasteiger partial charge is 0.335 e. The summed E-state index contributed by atoms with van der Waals surface area (Å²) in [5, 5.41) is 0. The highest BCUT2D eigenvalue weighted by Crippen LogP contribution is 2.36. The SMILES string of the molecule is O=C(C1CC1)N(Cc1cccnc1)C1CC1. The number of nitrogens with zero attached hydrogens (tertiary/aromatic N) is 2. The van der Waals surface area contributed by atoms with Gasteiger partial charge in [0.25, 0.3) is 0 Å². The zero-order valence-corrected chi connectivity index (χ0v) is 9.30. The molecular weight excluding hydrogens is 200 g/mol. The van der Waals surface area contributed by atoms with Crippen LogP contribution in [0.25, 0.3) is 0 Å². The lowest BCUT2D eigenvalue weighted by atomic mass is 10.2. The molecule has 1 heterocycles. The van der Waals surface area contributed by atoms with Crippen molar-refractivity contribution in [3.63, 3.8) is 0 Å². The van der Waals surface area contributed by atoms with Crippen LogP contribution >= 0.6 is 0 Å². The third-order valence-corrected chi connectivity index (χ3v) is 3.27. The molecule has 3 heteroatoms. The molecule has 1 aromatic rings.